The molecule has 0 N–H and O–H groups in total. The van der Waals surface area contributed by atoms with Gasteiger partial charge in [0, 0.05) is 44.1 Å². The first-order valence-corrected chi connectivity index (χ1v) is 10.2. The Morgan fingerprint density at radius 3 is 2.58 bits per heavy atom. The molecule has 33 heavy (non-hydrogen) atoms. The Morgan fingerprint density at radius 2 is 1.88 bits per heavy atom. The van der Waals surface area contributed by atoms with Crippen LogP contribution in [0, 0.1) is 11.3 Å². The molecule has 0 spiro atoms. The smallest absolute Gasteiger partial charge is 0.406 e. The summed E-state index contributed by atoms with van der Waals surface area (Å²) in [6.07, 6.45) is -1.32. The topological polar surface area (TPSA) is 74.4 Å². The monoisotopic (exact) mass is 455 g/mol. The highest BCUT2D eigenvalue weighted by molar-refractivity contribution is 5.95. The normalized spacial score (nSPS) is 14.8. The van der Waals surface area contributed by atoms with Crippen LogP contribution >= 0.6 is 0 Å². The highest BCUT2D eigenvalue weighted by Crippen LogP contribution is 2.27. The molecule has 1 fully saturated rings. The zero-order valence-corrected chi connectivity index (χ0v) is 17.5. The predicted molar refractivity (Wildman–Crippen MR) is 113 cm³/mol. The average molecular weight is 455 g/mol. The van der Waals surface area contributed by atoms with Gasteiger partial charge in [-0.3, -0.25) is 9.69 Å². The molecule has 0 aliphatic carbocycles. The molecule has 0 saturated carbocycles. The molecular formula is C23H20F3N5O2. The van der Waals surface area contributed by atoms with E-state index < -0.39 is 6.36 Å². The van der Waals surface area contributed by atoms with Crippen LogP contribution in [0.25, 0.3) is 0 Å². The van der Waals surface area contributed by atoms with Gasteiger partial charge in [-0.1, -0.05) is 18.2 Å². The maximum atomic E-state index is 12.7. The largest absolute Gasteiger partial charge is 0.573 e. The van der Waals surface area contributed by atoms with Gasteiger partial charge in [0.1, 0.15) is 5.75 Å². The van der Waals surface area contributed by atoms with Crippen LogP contribution in [0.1, 0.15) is 16.8 Å². The average Bonchev–Trinajstić information content (AvgIpc) is 3.20. The second-order valence-electron chi connectivity index (χ2n) is 7.62. The minimum absolute atomic E-state index is 0.131. The molecule has 0 bridgehead atoms. The summed E-state index contributed by atoms with van der Waals surface area (Å²) in [6.45, 7) is 2.12. The van der Waals surface area contributed by atoms with Crippen LogP contribution < -0.4 is 9.64 Å². The Kier molecular flexibility index (Phi) is 6.33. The van der Waals surface area contributed by atoms with Crippen molar-refractivity contribution in [2.45, 2.75) is 19.5 Å². The zero-order valence-electron chi connectivity index (χ0n) is 17.5. The summed E-state index contributed by atoms with van der Waals surface area (Å²) in [5, 5.41) is 8.93. The SMILES string of the molecule is N#Cc1ccc(Cn2cncc2CN2CCN(c3cccc(OC(F)(F)F)c3)C(=O)C2)cc1. The number of aromatic nitrogens is 2. The number of hydrogen-bond acceptors (Lipinski definition) is 5. The molecule has 170 valence electrons. The second kappa shape index (κ2) is 9.34. The first kappa shape index (κ1) is 22.4. The molecule has 7 nitrogen and oxygen atoms in total. The van der Waals surface area contributed by atoms with Crippen molar-refractivity contribution < 1.29 is 22.7 Å². The quantitative estimate of drug-likeness (QED) is 0.568. The number of alkyl halides is 3. The van der Waals surface area contributed by atoms with Crippen LogP contribution in [0.3, 0.4) is 0 Å². The van der Waals surface area contributed by atoms with E-state index in [2.05, 4.69) is 15.8 Å². The van der Waals surface area contributed by atoms with E-state index in [4.69, 9.17) is 5.26 Å². The van der Waals surface area contributed by atoms with Crippen LogP contribution in [0.5, 0.6) is 5.75 Å². The molecule has 2 heterocycles. The van der Waals surface area contributed by atoms with Gasteiger partial charge in [0.05, 0.1) is 30.2 Å². The van der Waals surface area contributed by atoms with Gasteiger partial charge in [0.15, 0.2) is 0 Å². The Morgan fingerprint density at radius 1 is 1.09 bits per heavy atom. The highest BCUT2D eigenvalue weighted by Gasteiger charge is 2.32. The Hall–Kier alpha value is -3.84. The number of carbonyl (C=O) groups excluding carboxylic acids is 1. The summed E-state index contributed by atoms with van der Waals surface area (Å²) in [5.41, 5.74) is 2.92. The zero-order chi connectivity index (χ0) is 23.4. The van der Waals surface area contributed by atoms with E-state index in [0.29, 0.717) is 37.4 Å². The van der Waals surface area contributed by atoms with Crippen LogP contribution in [0.4, 0.5) is 18.9 Å². The molecule has 0 unspecified atom stereocenters. The van der Waals surface area contributed by atoms with E-state index in [1.807, 2.05) is 21.6 Å². The summed E-state index contributed by atoms with van der Waals surface area (Å²) < 4.78 is 43.4. The fourth-order valence-corrected chi connectivity index (χ4v) is 3.71. The number of rotatable bonds is 6. The van der Waals surface area contributed by atoms with Gasteiger partial charge in [-0.2, -0.15) is 5.26 Å². The third-order valence-corrected chi connectivity index (χ3v) is 5.28. The molecule has 10 heteroatoms. The lowest BCUT2D eigenvalue weighted by molar-refractivity contribution is -0.274. The van der Waals surface area contributed by atoms with E-state index >= 15 is 0 Å². The standard InChI is InChI=1S/C23H20F3N5O2/c24-23(25,26)33-21-3-1-2-19(10-21)31-9-8-29(15-22(31)32)14-20-12-28-16-30(20)13-18-6-4-17(11-27)5-7-18/h1-7,10,12,16H,8-9,13-15H2. The molecule has 0 radical (unpaired) electrons. The maximum Gasteiger partial charge on any atom is 0.573 e. The van der Waals surface area contributed by atoms with Crippen LogP contribution in [0.2, 0.25) is 0 Å². The Labute approximate surface area is 188 Å². The van der Waals surface area contributed by atoms with E-state index in [1.165, 1.54) is 23.1 Å². The summed E-state index contributed by atoms with van der Waals surface area (Å²) >= 11 is 0. The van der Waals surface area contributed by atoms with Gasteiger partial charge in [-0.05, 0) is 29.8 Å². The number of imidazole rings is 1. The predicted octanol–water partition coefficient (Wildman–Crippen LogP) is 3.55. The number of nitriles is 1. The second-order valence-corrected chi connectivity index (χ2v) is 7.62. The van der Waals surface area contributed by atoms with E-state index in [1.54, 1.807) is 30.7 Å². The number of ether oxygens (including phenoxy) is 1. The fourth-order valence-electron chi connectivity index (χ4n) is 3.71. The molecule has 4 rings (SSSR count). The van der Waals surface area contributed by atoms with Crippen molar-refractivity contribution in [1.82, 2.24) is 14.5 Å². The van der Waals surface area contributed by atoms with Gasteiger partial charge in [-0.25, -0.2) is 4.98 Å². The number of halogens is 3. The van der Waals surface area contributed by atoms with E-state index in [0.717, 1.165) is 11.3 Å². The van der Waals surface area contributed by atoms with Crippen molar-refractivity contribution in [3.8, 4) is 11.8 Å². The van der Waals surface area contributed by atoms with Crippen molar-refractivity contribution in [1.29, 1.82) is 5.26 Å². The van der Waals surface area contributed by atoms with Gasteiger partial charge in [0.2, 0.25) is 5.91 Å². The molecule has 1 aliphatic rings. The van der Waals surface area contributed by atoms with Crippen molar-refractivity contribution in [2.75, 3.05) is 24.5 Å². The summed E-state index contributed by atoms with van der Waals surface area (Å²) in [4.78, 5) is 20.4. The van der Waals surface area contributed by atoms with E-state index in [9.17, 15) is 18.0 Å². The van der Waals surface area contributed by atoms with Crippen molar-refractivity contribution in [2.24, 2.45) is 0 Å². The lowest BCUT2D eigenvalue weighted by Crippen LogP contribution is -2.50. The first-order valence-electron chi connectivity index (χ1n) is 10.2. The molecule has 3 aromatic rings. The summed E-state index contributed by atoms with van der Waals surface area (Å²) in [7, 11) is 0. The molecule has 1 amide bonds. The molecule has 1 aliphatic heterocycles. The van der Waals surface area contributed by atoms with Crippen LogP contribution in [-0.2, 0) is 17.9 Å². The molecular weight excluding hydrogens is 435 g/mol. The molecule has 2 aromatic carbocycles. The van der Waals surface area contributed by atoms with Gasteiger partial charge < -0.3 is 14.2 Å². The summed E-state index contributed by atoms with van der Waals surface area (Å²) in [5.74, 6) is -0.564. The van der Waals surface area contributed by atoms with Crippen LogP contribution in [0.15, 0.2) is 61.1 Å². The third kappa shape index (κ3) is 5.70. The lowest BCUT2D eigenvalue weighted by atomic mass is 10.1. The first-order chi connectivity index (χ1) is 15.8. The Balaban J connectivity index is 1.38. The number of hydrogen-bond donors (Lipinski definition) is 0. The van der Waals surface area contributed by atoms with Crippen molar-refractivity contribution in [3.05, 3.63) is 77.9 Å². The minimum atomic E-state index is -4.79. The van der Waals surface area contributed by atoms with Crippen molar-refractivity contribution in [3.63, 3.8) is 0 Å². The number of amides is 1. The number of nitrogens with zero attached hydrogens (tertiary/aromatic N) is 5. The van der Waals surface area contributed by atoms with Gasteiger partial charge in [-0.15, -0.1) is 13.2 Å². The van der Waals surface area contributed by atoms with Gasteiger partial charge in [0.25, 0.3) is 0 Å². The lowest BCUT2D eigenvalue weighted by Gasteiger charge is -2.34. The number of piperazine rings is 1. The Bertz CT molecular complexity index is 1170. The van der Waals surface area contributed by atoms with Crippen LogP contribution in [-0.4, -0.2) is 46.4 Å². The number of benzene rings is 2. The number of carbonyl (C=O) groups is 1. The maximum absolute atomic E-state index is 12.7. The third-order valence-electron chi connectivity index (χ3n) is 5.28. The number of anilines is 1. The minimum Gasteiger partial charge on any atom is -0.406 e. The molecule has 1 saturated heterocycles. The van der Waals surface area contributed by atoms with Gasteiger partial charge >= 0.3 is 6.36 Å². The summed E-state index contributed by atoms with van der Waals surface area (Å²) in [6, 6.07) is 14.8. The van der Waals surface area contributed by atoms with E-state index in [-0.39, 0.29) is 18.2 Å². The highest BCUT2D eigenvalue weighted by atomic mass is 19.4. The van der Waals surface area contributed by atoms with Crippen molar-refractivity contribution >= 4 is 11.6 Å². The fraction of sp³-hybridized carbons (Fsp3) is 0.261. The molecule has 0 atom stereocenters. The molecule has 1 aromatic heterocycles.